The van der Waals surface area contributed by atoms with Gasteiger partial charge >= 0.3 is 0 Å². The first kappa shape index (κ1) is 22.2. The van der Waals surface area contributed by atoms with Gasteiger partial charge in [0.15, 0.2) is 5.96 Å². The third kappa shape index (κ3) is 10.1. The lowest BCUT2D eigenvalue weighted by atomic mass is 10.2. The topological polar surface area (TPSA) is 62.0 Å². The van der Waals surface area contributed by atoms with Crippen LogP contribution in [-0.4, -0.2) is 63.3 Å². The molecule has 144 valence electrons. The van der Waals surface area contributed by atoms with E-state index >= 15 is 0 Å². The maximum absolute atomic E-state index is 5.38. The highest BCUT2D eigenvalue weighted by Crippen LogP contribution is 1.99. The SMILES string of the molecule is CCCCCN=C(NCCc1ccco1)NCCN1CCOCC1.I. The van der Waals surface area contributed by atoms with Gasteiger partial charge < -0.3 is 19.8 Å². The van der Waals surface area contributed by atoms with Crippen LogP contribution in [0.4, 0.5) is 0 Å². The van der Waals surface area contributed by atoms with Crippen molar-refractivity contribution in [2.75, 3.05) is 52.5 Å². The number of furan rings is 1. The fraction of sp³-hybridized carbons (Fsp3) is 0.722. The third-order valence-electron chi connectivity index (χ3n) is 4.10. The zero-order valence-electron chi connectivity index (χ0n) is 15.3. The van der Waals surface area contributed by atoms with Crippen LogP contribution in [-0.2, 0) is 11.2 Å². The maximum Gasteiger partial charge on any atom is 0.191 e. The van der Waals surface area contributed by atoms with Gasteiger partial charge in [-0.15, -0.1) is 24.0 Å². The van der Waals surface area contributed by atoms with Crippen LogP contribution < -0.4 is 10.6 Å². The van der Waals surface area contributed by atoms with Crippen molar-refractivity contribution in [2.45, 2.75) is 32.6 Å². The molecule has 0 aromatic carbocycles. The predicted octanol–water partition coefficient (Wildman–Crippen LogP) is 2.50. The van der Waals surface area contributed by atoms with Crippen LogP contribution in [0.1, 0.15) is 31.9 Å². The largest absolute Gasteiger partial charge is 0.469 e. The molecule has 0 atom stereocenters. The summed E-state index contributed by atoms with van der Waals surface area (Å²) in [6.07, 6.45) is 6.19. The number of unbranched alkanes of at least 4 members (excludes halogenated alkanes) is 2. The van der Waals surface area contributed by atoms with Crippen LogP contribution in [0, 0.1) is 0 Å². The summed E-state index contributed by atoms with van der Waals surface area (Å²) in [6, 6.07) is 3.93. The number of nitrogens with one attached hydrogen (secondary N) is 2. The molecule has 0 spiro atoms. The summed E-state index contributed by atoms with van der Waals surface area (Å²) >= 11 is 0. The fourth-order valence-electron chi connectivity index (χ4n) is 2.64. The summed E-state index contributed by atoms with van der Waals surface area (Å²) in [7, 11) is 0. The second-order valence-corrected chi connectivity index (χ2v) is 6.07. The van der Waals surface area contributed by atoms with Crippen molar-refractivity contribution >= 4 is 29.9 Å². The summed E-state index contributed by atoms with van der Waals surface area (Å²) in [4.78, 5) is 7.11. The summed E-state index contributed by atoms with van der Waals surface area (Å²) in [5.74, 6) is 1.91. The second-order valence-electron chi connectivity index (χ2n) is 6.07. The van der Waals surface area contributed by atoms with Gasteiger partial charge in [0.05, 0.1) is 19.5 Å². The average Bonchev–Trinajstić information content (AvgIpc) is 3.12. The van der Waals surface area contributed by atoms with Gasteiger partial charge in [0.2, 0.25) is 0 Å². The van der Waals surface area contributed by atoms with Gasteiger partial charge in [-0.1, -0.05) is 19.8 Å². The molecule has 0 amide bonds. The van der Waals surface area contributed by atoms with Crippen molar-refractivity contribution in [1.82, 2.24) is 15.5 Å². The monoisotopic (exact) mass is 464 g/mol. The van der Waals surface area contributed by atoms with Crippen molar-refractivity contribution in [2.24, 2.45) is 4.99 Å². The van der Waals surface area contributed by atoms with Crippen molar-refractivity contribution in [3.8, 4) is 0 Å². The predicted molar refractivity (Wildman–Crippen MR) is 113 cm³/mol. The Morgan fingerprint density at radius 3 is 2.72 bits per heavy atom. The van der Waals surface area contributed by atoms with Gasteiger partial charge in [-0.25, -0.2) is 0 Å². The van der Waals surface area contributed by atoms with Gasteiger partial charge in [0.25, 0.3) is 0 Å². The molecule has 7 heteroatoms. The van der Waals surface area contributed by atoms with Crippen LogP contribution in [0.25, 0.3) is 0 Å². The quantitative estimate of drug-likeness (QED) is 0.241. The van der Waals surface area contributed by atoms with Gasteiger partial charge in [0, 0.05) is 45.7 Å². The average molecular weight is 464 g/mol. The van der Waals surface area contributed by atoms with E-state index in [4.69, 9.17) is 9.15 Å². The number of morpholine rings is 1. The molecule has 1 aliphatic heterocycles. The minimum absolute atomic E-state index is 0. The van der Waals surface area contributed by atoms with Crippen molar-refractivity contribution in [3.05, 3.63) is 24.2 Å². The van der Waals surface area contributed by atoms with Crippen LogP contribution in [0.15, 0.2) is 27.8 Å². The number of hydrogen-bond donors (Lipinski definition) is 2. The number of aliphatic imine (C=N–C) groups is 1. The highest BCUT2D eigenvalue weighted by molar-refractivity contribution is 14.0. The Bertz CT molecular complexity index is 448. The molecule has 1 saturated heterocycles. The Kier molecular flexibility index (Phi) is 12.8. The molecule has 2 rings (SSSR count). The van der Waals surface area contributed by atoms with E-state index in [-0.39, 0.29) is 24.0 Å². The molecule has 0 saturated carbocycles. The molecule has 0 radical (unpaired) electrons. The number of rotatable bonds is 10. The van der Waals surface area contributed by atoms with Gasteiger partial charge in [-0.3, -0.25) is 9.89 Å². The second kappa shape index (κ2) is 14.4. The van der Waals surface area contributed by atoms with E-state index in [9.17, 15) is 0 Å². The standard InChI is InChI=1S/C18H32N4O2.HI/c1-2-3-4-8-19-18(20-9-7-17-6-5-14-24-17)21-10-11-22-12-15-23-16-13-22;/h5-6,14H,2-4,7-13,15-16H2,1H3,(H2,19,20,21);1H. The zero-order valence-corrected chi connectivity index (χ0v) is 17.7. The number of ether oxygens (including phenoxy) is 1. The van der Waals surface area contributed by atoms with Crippen LogP contribution in [0.5, 0.6) is 0 Å². The maximum atomic E-state index is 5.38. The van der Waals surface area contributed by atoms with E-state index in [0.717, 1.165) is 77.0 Å². The zero-order chi connectivity index (χ0) is 16.9. The molecule has 25 heavy (non-hydrogen) atoms. The molecule has 1 aromatic rings. The Hall–Kier alpha value is -0.800. The van der Waals surface area contributed by atoms with Crippen molar-refractivity contribution in [3.63, 3.8) is 0 Å². The minimum Gasteiger partial charge on any atom is -0.469 e. The van der Waals surface area contributed by atoms with E-state index in [1.165, 1.54) is 12.8 Å². The van der Waals surface area contributed by atoms with Crippen LogP contribution in [0.2, 0.25) is 0 Å². The molecular weight excluding hydrogens is 431 g/mol. The molecule has 2 heterocycles. The molecule has 0 unspecified atom stereocenters. The number of guanidine groups is 1. The van der Waals surface area contributed by atoms with E-state index in [1.54, 1.807) is 6.26 Å². The Labute approximate surface area is 168 Å². The smallest absolute Gasteiger partial charge is 0.191 e. The summed E-state index contributed by atoms with van der Waals surface area (Å²) in [6.45, 7) is 9.59. The first-order chi connectivity index (χ1) is 11.9. The Balaban J connectivity index is 0.00000312. The molecule has 6 nitrogen and oxygen atoms in total. The van der Waals surface area contributed by atoms with Gasteiger partial charge in [0.1, 0.15) is 5.76 Å². The molecule has 1 aromatic heterocycles. The fourth-order valence-corrected chi connectivity index (χ4v) is 2.64. The van der Waals surface area contributed by atoms with Gasteiger partial charge in [-0.05, 0) is 18.6 Å². The van der Waals surface area contributed by atoms with Crippen LogP contribution in [0.3, 0.4) is 0 Å². The van der Waals surface area contributed by atoms with E-state index < -0.39 is 0 Å². The lowest BCUT2D eigenvalue weighted by molar-refractivity contribution is 0.0389. The third-order valence-corrected chi connectivity index (χ3v) is 4.10. The first-order valence-electron chi connectivity index (χ1n) is 9.23. The van der Waals surface area contributed by atoms with E-state index in [1.807, 2.05) is 12.1 Å². The van der Waals surface area contributed by atoms with Crippen molar-refractivity contribution < 1.29 is 9.15 Å². The summed E-state index contributed by atoms with van der Waals surface area (Å²) in [5.41, 5.74) is 0. The highest BCUT2D eigenvalue weighted by Gasteiger charge is 2.09. The summed E-state index contributed by atoms with van der Waals surface area (Å²) in [5, 5.41) is 6.86. The van der Waals surface area contributed by atoms with Crippen molar-refractivity contribution in [1.29, 1.82) is 0 Å². The molecule has 2 N–H and O–H groups in total. The molecular formula is C18H33IN4O2. The number of nitrogens with zero attached hydrogens (tertiary/aromatic N) is 2. The highest BCUT2D eigenvalue weighted by atomic mass is 127. The molecule has 1 fully saturated rings. The van der Waals surface area contributed by atoms with Crippen LogP contribution >= 0.6 is 24.0 Å². The van der Waals surface area contributed by atoms with E-state index in [2.05, 4.69) is 27.4 Å². The Morgan fingerprint density at radius 1 is 1.20 bits per heavy atom. The lowest BCUT2D eigenvalue weighted by Crippen LogP contribution is -2.44. The summed E-state index contributed by atoms with van der Waals surface area (Å²) < 4.78 is 10.8. The lowest BCUT2D eigenvalue weighted by Gasteiger charge is -2.26. The Morgan fingerprint density at radius 2 is 2.00 bits per heavy atom. The molecule has 1 aliphatic rings. The molecule has 0 bridgehead atoms. The number of halogens is 1. The normalized spacial score (nSPS) is 15.6. The number of hydrogen-bond acceptors (Lipinski definition) is 4. The minimum atomic E-state index is 0. The first-order valence-corrected chi connectivity index (χ1v) is 9.23. The van der Waals surface area contributed by atoms with E-state index in [0.29, 0.717) is 0 Å². The van der Waals surface area contributed by atoms with Gasteiger partial charge in [-0.2, -0.15) is 0 Å². The molecule has 0 aliphatic carbocycles.